The van der Waals surface area contributed by atoms with Crippen molar-refractivity contribution in [3.05, 3.63) is 40.6 Å². The van der Waals surface area contributed by atoms with Gasteiger partial charge in [-0.1, -0.05) is 6.07 Å². The van der Waals surface area contributed by atoms with Gasteiger partial charge in [0, 0.05) is 37.8 Å². The quantitative estimate of drug-likeness (QED) is 0.864. The Morgan fingerprint density at radius 3 is 3.11 bits per heavy atom. The number of nitrogens with two attached hydrogens (primary N) is 1. The first-order valence-corrected chi connectivity index (χ1v) is 7.08. The minimum Gasteiger partial charge on any atom is -0.340 e. The van der Waals surface area contributed by atoms with Crippen LogP contribution in [-0.4, -0.2) is 40.5 Å². The number of imidazole rings is 1. The van der Waals surface area contributed by atoms with E-state index in [0.717, 1.165) is 6.42 Å². The van der Waals surface area contributed by atoms with Crippen LogP contribution in [0.5, 0.6) is 0 Å². The molecule has 1 amide bonds. The van der Waals surface area contributed by atoms with E-state index in [1.165, 1.54) is 4.88 Å². The monoisotopic (exact) mass is 278 g/mol. The average Bonchev–Trinajstić information content (AvgIpc) is 3.06. The molecule has 0 aromatic carbocycles. The average molecular weight is 278 g/mol. The first kappa shape index (κ1) is 13.8. The van der Waals surface area contributed by atoms with Gasteiger partial charge in [0.05, 0.1) is 6.33 Å². The number of carbonyl (C=O) groups is 1. The summed E-state index contributed by atoms with van der Waals surface area (Å²) in [6, 6.07) is 4.11. The predicted molar refractivity (Wildman–Crippen MR) is 76.3 cm³/mol. The summed E-state index contributed by atoms with van der Waals surface area (Å²) < 4.78 is 1.83. The highest BCUT2D eigenvalue weighted by atomic mass is 32.1. The molecular formula is C13H18N4OS. The molecule has 5 nitrogen and oxygen atoms in total. The highest BCUT2D eigenvalue weighted by molar-refractivity contribution is 7.09. The molecule has 0 aliphatic heterocycles. The number of rotatable bonds is 6. The highest BCUT2D eigenvalue weighted by Gasteiger charge is 2.14. The van der Waals surface area contributed by atoms with Gasteiger partial charge in [-0.15, -0.1) is 11.3 Å². The van der Waals surface area contributed by atoms with Crippen molar-refractivity contribution in [2.45, 2.75) is 13.0 Å². The van der Waals surface area contributed by atoms with Gasteiger partial charge < -0.3 is 15.2 Å². The maximum Gasteiger partial charge on any atom is 0.273 e. The molecule has 19 heavy (non-hydrogen) atoms. The predicted octanol–water partition coefficient (Wildman–Crippen LogP) is 1.22. The van der Waals surface area contributed by atoms with E-state index in [9.17, 15) is 4.79 Å². The number of carbonyl (C=O) groups excluding carboxylic acids is 1. The molecule has 0 aliphatic carbocycles. The Morgan fingerprint density at radius 1 is 1.58 bits per heavy atom. The molecule has 0 spiro atoms. The smallest absolute Gasteiger partial charge is 0.273 e. The fraction of sp³-hybridized carbons (Fsp3) is 0.385. The van der Waals surface area contributed by atoms with Gasteiger partial charge in [-0.3, -0.25) is 4.79 Å². The summed E-state index contributed by atoms with van der Waals surface area (Å²) in [5.74, 6) is -0.0488. The van der Waals surface area contributed by atoms with E-state index >= 15 is 0 Å². The van der Waals surface area contributed by atoms with Gasteiger partial charge in [0.2, 0.25) is 0 Å². The maximum atomic E-state index is 12.1. The standard InChI is InChI=1S/C13H18N4OS/c1-16(6-4-11-3-2-8-19-11)13(18)12-9-17(7-5-14)10-15-12/h2-3,8-10H,4-7,14H2,1H3. The van der Waals surface area contributed by atoms with Crippen LogP contribution in [0.2, 0.25) is 0 Å². The summed E-state index contributed by atoms with van der Waals surface area (Å²) in [6.45, 7) is 1.92. The van der Waals surface area contributed by atoms with Crippen molar-refractivity contribution in [1.82, 2.24) is 14.5 Å². The first-order chi connectivity index (χ1) is 9.20. The van der Waals surface area contributed by atoms with Crippen LogP contribution in [0.25, 0.3) is 0 Å². The number of likely N-dealkylation sites (N-methyl/N-ethyl adjacent to an activating group) is 1. The number of amides is 1. The van der Waals surface area contributed by atoms with Crippen molar-refractivity contribution in [3.63, 3.8) is 0 Å². The minimum absolute atomic E-state index is 0.0488. The van der Waals surface area contributed by atoms with E-state index < -0.39 is 0 Å². The van der Waals surface area contributed by atoms with E-state index in [-0.39, 0.29) is 5.91 Å². The zero-order valence-corrected chi connectivity index (χ0v) is 11.8. The molecule has 0 fully saturated rings. The molecule has 0 bridgehead atoms. The second kappa shape index (κ2) is 6.49. The molecule has 2 aromatic heterocycles. The van der Waals surface area contributed by atoms with Gasteiger partial charge in [0.25, 0.3) is 5.91 Å². The fourth-order valence-corrected chi connectivity index (χ4v) is 2.47. The lowest BCUT2D eigenvalue weighted by molar-refractivity contribution is 0.0791. The maximum absolute atomic E-state index is 12.1. The normalized spacial score (nSPS) is 10.6. The van der Waals surface area contributed by atoms with Crippen molar-refractivity contribution in [3.8, 4) is 0 Å². The molecule has 0 saturated carbocycles. The minimum atomic E-state index is -0.0488. The summed E-state index contributed by atoms with van der Waals surface area (Å²) in [7, 11) is 1.80. The first-order valence-electron chi connectivity index (χ1n) is 6.20. The van der Waals surface area contributed by atoms with Crippen LogP contribution in [0, 0.1) is 0 Å². The van der Waals surface area contributed by atoms with E-state index in [1.54, 1.807) is 35.8 Å². The number of hydrogen-bond donors (Lipinski definition) is 1. The number of hydrogen-bond acceptors (Lipinski definition) is 4. The zero-order valence-electron chi connectivity index (χ0n) is 11.0. The van der Waals surface area contributed by atoms with Gasteiger partial charge in [0.15, 0.2) is 0 Å². The van der Waals surface area contributed by atoms with Gasteiger partial charge in [0.1, 0.15) is 5.69 Å². The van der Waals surface area contributed by atoms with Crippen molar-refractivity contribution < 1.29 is 4.79 Å². The molecule has 6 heteroatoms. The molecule has 2 N–H and O–H groups in total. The van der Waals surface area contributed by atoms with E-state index in [4.69, 9.17) is 5.73 Å². The third kappa shape index (κ3) is 3.65. The van der Waals surface area contributed by atoms with Crippen LogP contribution in [0.3, 0.4) is 0 Å². The summed E-state index contributed by atoms with van der Waals surface area (Å²) in [6.07, 6.45) is 4.27. The topological polar surface area (TPSA) is 64.2 Å². The van der Waals surface area contributed by atoms with Crippen LogP contribution in [-0.2, 0) is 13.0 Å². The Hall–Kier alpha value is -1.66. The SMILES string of the molecule is CN(CCc1cccs1)C(=O)c1cn(CCN)cn1. The van der Waals surface area contributed by atoms with E-state index in [2.05, 4.69) is 11.1 Å². The Balaban J connectivity index is 1.90. The Morgan fingerprint density at radius 2 is 2.42 bits per heavy atom. The van der Waals surface area contributed by atoms with Gasteiger partial charge in [-0.25, -0.2) is 4.98 Å². The lowest BCUT2D eigenvalue weighted by Crippen LogP contribution is -2.29. The molecule has 2 rings (SSSR count). The molecule has 0 radical (unpaired) electrons. The van der Waals surface area contributed by atoms with Crippen molar-refractivity contribution in [2.24, 2.45) is 5.73 Å². The second-order valence-electron chi connectivity index (χ2n) is 4.34. The van der Waals surface area contributed by atoms with Crippen molar-refractivity contribution in [1.29, 1.82) is 0 Å². The fourth-order valence-electron chi connectivity index (χ4n) is 1.77. The number of nitrogens with zero attached hydrogens (tertiary/aromatic N) is 3. The van der Waals surface area contributed by atoms with E-state index in [1.807, 2.05) is 16.0 Å². The van der Waals surface area contributed by atoms with Crippen LogP contribution < -0.4 is 5.73 Å². The molecule has 102 valence electrons. The lowest BCUT2D eigenvalue weighted by atomic mass is 10.3. The number of aromatic nitrogens is 2. The third-order valence-corrected chi connectivity index (χ3v) is 3.80. The van der Waals surface area contributed by atoms with E-state index in [0.29, 0.717) is 25.3 Å². The van der Waals surface area contributed by atoms with Crippen molar-refractivity contribution in [2.75, 3.05) is 20.1 Å². The third-order valence-electron chi connectivity index (χ3n) is 2.86. The van der Waals surface area contributed by atoms with Crippen LogP contribution in [0.1, 0.15) is 15.4 Å². The van der Waals surface area contributed by atoms with Gasteiger partial charge in [-0.2, -0.15) is 0 Å². The molecule has 2 heterocycles. The van der Waals surface area contributed by atoms with Gasteiger partial charge >= 0.3 is 0 Å². The van der Waals surface area contributed by atoms with Crippen LogP contribution in [0.4, 0.5) is 0 Å². The molecule has 0 unspecified atom stereocenters. The summed E-state index contributed by atoms with van der Waals surface area (Å²) in [4.78, 5) is 19.3. The molecule has 0 atom stereocenters. The molecular weight excluding hydrogens is 260 g/mol. The Labute approximate surface area is 116 Å². The van der Waals surface area contributed by atoms with Crippen LogP contribution in [0.15, 0.2) is 30.0 Å². The number of thiophene rings is 1. The Bertz CT molecular complexity index is 520. The Kier molecular flexibility index (Phi) is 4.70. The summed E-state index contributed by atoms with van der Waals surface area (Å²) in [5, 5.41) is 2.05. The largest absolute Gasteiger partial charge is 0.340 e. The zero-order chi connectivity index (χ0) is 13.7. The molecule has 0 saturated heterocycles. The highest BCUT2D eigenvalue weighted by Crippen LogP contribution is 2.10. The second-order valence-corrected chi connectivity index (χ2v) is 5.37. The van der Waals surface area contributed by atoms with Crippen molar-refractivity contribution >= 4 is 17.2 Å². The summed E-state index contributed by atoms with van der Waals surface area (Å²) >= 11 is 1.71. The van der Waals surface area contributed by atoms with Crippen LogP contribution >= 0.6 is 11.3 Å². The molecule has 2 aromatic rings. The summed E-state index contributed by atoms with van der Waals surface area (Å²) in [5.41, 5.74) is 5.94. The lowest BCUT2D eigenvalue weighted by Gasteiger charge is -2.15. The van der Waals surface area contributed by atoms with Gasteiger partial charge in [-0.05, 0) is 17.9 Å². The molecule has 0 aliphatic rings.